The lowest BCUT2D eigenvalue weighted by Gasteiger charge is -2.26. The van der Waals surface area contributed by atoms with Crippen LogP contribution in [0.4, 0.5) is 5.69 Å². The van der Waals surface area contributed by atoms with E-state index in [1.165, 1.54) is 9.21 Å². The van der Waals surface area contributed by atoms with Crippen LogP contribution in [0.15, 0.2) is 26.3 Å². The highest BCUT2D eigenvalue weighted by atomic mass is 35.5. The molecular formula is C17H29ClN4O4S2. The van der Waals surface area contributed by atoms with Gasteiger partial charge in [-0.1, -0.05) is 39.3 Å². The van der Waals surface area contributed by atoms with Gasteiger partial charge in [-0.15, -0.1) is 4.40 Å². The van der Waals surface area contributed by atoms with E-state index in [2.05, 4.69) is 4.40 Å². The number of benzene rings is 1. The standard InChI is InChI=1S/C17H29ClN4O4S2/c1-12(2)9-22(10-13(3)4)28(25,26)17-8-16(14(18)7-15(17)19)27(23,24)20-11-21(5)6/h7-8,11-13H,9-10,19H2,1-6H3/b20-11+. The second kappa shape index (κ2) is 9.43. The zero-order valence-electron chi connectivity index (χ0n) is 17.0. The monoisotopic (exact) mass is 452 g/mol. The minimum atomic E-state index is -4.20. The second-order valence-corrected chi connectivity index (χ2v) is 11.5. The van der Waals surface area contributed by atoms with E-state index in [0.717, 1.165) is 18.5 Å². The zero-order valence-corrected chi connectivity index (χ0v) is 19.4. The molecule has 0 atom stereocenters. The normalized spacial score (nSPS) is 13.2. The lowest BCUT2D eigenvalue weighted by atomic mass is 10.2. The highest BCUT2D eigenvalue weighted by Gasteiger charge is 2.30. The molecule has 1 rings (SSSR count). The van der Waals surface area contributed by atoms with Crippen molar-refractivity contribution in [3.05, 3.63) is 17.2 Å². The first-order valence-electron chi connectivity index (χ1n) is 8.74. The Hall–Kier alpha value is -1.36. The Balaban J connectivity index is 3.59. The summed E-state index contributed by atoms with van der Waals surface area (Å²) in [6.45, 7) is 8.17. The molecule has 11 heteroatoms. The molecular weight excluding hydrogens is 424 g/mol. The fraction of sp³-hybridized carbons (Fsp3) is 0.588. The molecule has 0 unspecified atom stereocenters. The molecule has 8 nitrogen and oxygen atoms in total. The van der Waals surface area contributed by atoms with Crippen molar-refractivity contribution in [2.24, 2.45) is 16.2 Å². The molecule has 0 radical (unpaired) electrons. The van der Waals surface area contributed by atoms with E-state index in [1.54, 1.807) is 14.1 Å². The Labute approximate surface area is 173 Å². The lowest BCUT2D eigenvalue weighted by molar-refractivity contribution is 0.333. The summed E-state index contributed by atoms with van der Waals surface area (Å²) in [5, 5.41) is -0.188. The average Bonchev–Trinajstić information content (AvgIpc) is 2.51. The van der Waals surface area contributed by atoms with Crippen molar-refractivity contribution in [1.82, 2.24) is 9.21 Å². The van der Waals surface area contributed by atoms with Gasteiger partial charge in [0, 0.05) is 27.2 Å². The number of sulfonamides is 2. The molecule has 0 spiro atoms. The van der Waals surface area contributed by atoms with Gasteiger partial charge in [0.15, 0.2) is 0 Å². The molecule has 0 aliphatic heterocycles. The topological polar surface area (TPSA) is 113 Å². The molecule has 2 N–H and O–H groups in total. The third-order valence-corrected chi connectivity index (χ3v) is 7.09. The molecule has 1 aromatic rings. The fourth-order valence-corrected chi connectivity index (χ4v) is 5.84. The third-order valence-electron chi connectivity index (χ3n) is 3.51. The van der Waals surface area contributed by atoms with Crippen LogP contribution in [0.2, 0.25) is 5.02 Å². The van der Waals surface area contributed by atoms with Crippen molar-refractivity contribution in [3.8, 4) is 0 Å². The van der Waals surface area contributed by atoms with E-state index in [0.29, 0.717) is 0 Å². The van der Waals surface area contributed by atoms with Crippen LogP contribution in [0.1, 0.15) is 27.7 Å². The number of halogens is 1. The van der Waals surface area contributed by atoms with E-state index in [4.69, 9.17) is 17.3 Å². The Kier molecular flexibility index (Phi) is 8.31. The molecule has 0 heterocycles. The maximum absolute atomic E-state index is 13.2. The van der Waals surface area contributed by atoms with Crippen LogP contribution in [-0.4, -0.2) is 59.6 Å². The summed E-state index contributed by atoms with van der Waals surface area (Å²) in [6, 6.07) is 2.12. The van der Waals surface area contributed by atoms with E-state index >= 15 is 0 Å². The van der Waals surface area contributed by atoms with Gasteiger partial charge in [-0.2, -0.15) is 12.7 Å². The number of anilines is 1. The van der Waals surface area contributed by atoms with Crippen LogP contribution < -0.4 is 5.73 Å². The van der Waals surface area contributed by atoms with E-state index in [1.807, 2.05) is 27.7 Å². The Morgan fingerprint density at radius 1 is 1.04 bits per heavy atom. The minimum absolute atomic E-state index is 0.0787. The van der Waals surface area contributed by atoms with Crippen molar-refractivity contribution >= 4 is 43.7 Å². The zero-order chi connectivity index (χ0) is 21.9. The van der Waals surface area contributed by atoms with Gasteiger partial charge in [-0.3, -0.25) is 0 Å². The van der Waals surface area contributed by atoms with Crippen LogP contribution in [0.25, 0.3) is 0 Å². The summed E-state index contributed by atoms with van der Waals surface area (Å²) in [4.78, 5) is 0.735. The van der Waals surface area contributed by atoms with Gasteiger partial charge in [-0.25, -0.2) is 8.42 Å². The minimum Gasteiger partial charge on any atom is -0.398 e. The number of nitrogen functional groups attached to an aromatic ring is 1. The van der Waals surface area contributed by atoms with Gasteiger partial charge in [-0.05, 0) is 24.0 Å². The quantitative estimate of drug-likeness (QED) is 0.350. The number of nitrogens with zero attached hydrogens (tertiary/aromatic N) is 3. The summed E-state index contributed by atoms with van der Waals surface area (Å²) < 4.78 is 56.4. The van der Waals surface area contributed by atoms with Crippen molar-refractivity contribution in [3.63, 3.8) is 0 Å². The number of nitrogens with two attached hydrogens (primary N) is 1. The Bertz CT molecular complexity index is 917. The summed E-state index contributed by atoms with van der Waals surface area (Å²) in [5.41, 5.74) is 5.80. The molecule has 0 fully saturated rings. The molecule has 0 aliphatic rings. The van der Waals surface area contributed by atoms with Crippen molar-refractivity contribution < 1.29 is 16.8 Å². The highest BCUT2D eigenvalue weighted by molar-refractivity contribution is 7.90. The van der Waals surface area contributed by atoms with Crippen molar-refractivity contribution in [1.29, 1.82) is 0 Å². The summed E-state index contributed by atoms with van der Waals surface area (Å²) in [5.74, 6) is 0.157. The fourth-order valence-electron chi connectivity index (χ4n) is 2.41. The Morgan fingerprint density at radius 3 is 1.96 bits per heavy atom. The Morgan fingerprint density at radius 2 is 1.54 bits per heavy atom. The summed E-state index contributed by atoms with van der Waals surface area (Å²) in [7, 11) is -5.02. The number of rotatable bonds is 9. The van der Waals surface area contributed by atoms with Crippen LogP contribution >= 0.6 is 11.6 Å². The molecule has 1 aromatic carbocycles. The van der Waals surface area contributed by atoms with Crippen LogP contribution in [0, 0.1) is 11.8 Å². The van der Waals surface area contributed by atoms with Gasteiger partial charge in [0.2, 0.25) is 10.0 Å². The first kappa shape index (κ1) is 24.7. The average molecular weight is 453 g/mol. The van der Waals surface area contributed by atoms with E-state index < -0.39 is 24.9 Å². The van der Waals surface area contributed by atoms with Gasteiger partial charge in [0.25, 0.3) is 10.0 Å². The van der Waals surface area contributed by atoms with Gasteiger partial charge >= 0.3 is 0 Å². The maximum Gasteiger partial charge on any atom is 0.285 e. The highest BCUT2D eigenvalue weighted by Crippen LogP contribution is 2.33. The van der Waals surface area contributed by atoms with E-state index in [9.17, 15) is 16.8 Å². The van der Waals surface area contributed by atoms with E-state index in [-0.39, 0.29) is 40.5 Å². The van der Waals surface area contributed by atoms with Gasteiger partial charge in [0.05, 0.1) is 10.7 Å². The predicted octanol–water partition coefficient (Wildman–Crippen LogP) is 2.50. The SMILES string of the molecule is CC(C)CN(CC(C)C)S(=O)(=O)c1cc(S(=O)(=O)/N=C/N(C)C)c(Cl)cc1N. The van der Waals surface area contributed by atoms with Crippen LogP contribution in [0.5, 0.6) is 0 Å². The lowest BCUT2D eigenvalue weighted by Crippen LogP contribution is -2.37. The summed E-state index contributed by atoms with van der Waals surface area (Å²) >= 11 is 6.04. The van der Waals surface area contributed by atoms with Crippen LogP contribution in [0.3, 0.4) is 0 Å². The molecule has 0 aromatic heterocycles. The molecule has 160 valence electrons. The van der Waals surface area contributed by atoms with Crippen molar-refractivity contribution in [2.75, 3.05) is 32.9 Å². The molecule has 0 saturated heterocycles. The predicted molar refractivity (Wildman–Crippen MR) is 114 cm³/mol. The van der Waals surface area contributed by atoms with Crippen LogP contribution in [-0.2, 0) is 20.0 Å². The first-order valence-corrected chi connectivity index (χ1v) is 12.0. The number of hydrogen-bond donors (Lipinski definition) is 1. The molecule has 0 bridgehead atoms. The molecule has 0 aliphatic carbocycles. The van der Waals surface area contributed by atoms with Gasteiger partial charge < -0.3 is 10.6 Å². The maximum atomic E-state index is 13.2. The largest absolute Gasteiger partial charge is 0.398 e. The summed E-state index contributed by atoms with van der Waals surface area (Å²) in [6.07, 6.45) is 1.10. The van der Waals surface area contributed by atoms with Crippen molar-refractivity contribution in [2.45, 2.75) is 37.5 Å². The van der Waals surface area contributed by atoms with Gasteiger partial charge in [0.1, 0.15) is 16.1 Å². The third kappa shape index (κ3) is 6.33. The number of hydrogen-bond acceptors (Lipinski definition) is 5. The first-order chi connectivity index (χ1) is 12.7. The smallest absolute Gasteiger partial charge is 0.285 e. The second-order valence-electron chi connectivity index (χ2n) is 7.59. The molecule has 28 heavy (non-hydrogen) atoms. The molecule has 0 amide bonds. The molecule has 0 saturated carbocycles.